The summed E-state index contributed by atoms with van der Waals surface area (Å²) in [6.45, 7) is -0.0164. The lowest BCUT2D eigenvalue weighted by atomic mass is 10.2. The van der Waals surface area contributed by atoms with Crippen molar-refractivity contribution in [2.24, 2.45) is 0 Å². The number of alkyl halides is 3. The largest absolute Gasteiger partial charge is 0.416 e. The van der Waals surface area contributed by atoms with E-state index in [1.54, 1.807) is 18.2 Å². The molecule has 0 saturated carbocycles. The number of rotatable bonds is 5. The van der Waals surface area contributed by atoms with Gasteiger partial charge in [0.25, 0.3) is 5.91 Å². The highest BCUT2D eigenvalue weighted by molar-refractivity contribution is 5.92. The molecule has 28 heavy (non-hydrogen) atoms. The van der Waals surface area contributed by atoms with Crippen LogP contribution in [-0.4, -0.2) is 16.1 Å². The fraction of sp³-hybridized carbons (Fsp3) is 0.105. The molecule has 9 heteroatoms. The smallest absolute Gasteiger partial charge is 0.346 e. The van der Waals surface area contributed by atoms with Gasteiger partial charge < -0.3 is 10.6 Å². The van der Waals surface area contributed by atoms with Crippen LogP contribution in [0.1, 0.15) is 21.6 Å². The summed E-state index contributed by atoms with van der Waals surface area (Å²) in [4.78, 5) is 12.1. The molecule has 2 aromatic carbocycles. The highest BCUT2D eigenvalue weighted by Gasteiger charge is 2.30. The van der Waals surface area contributed by atoms with E-state index in [-0.39, 0.29) is 23.7 Å². The zero-order valence-corrected chi connectivity index (χ0v) is 14.3. The van der Waals surface area contributed by atoms with Crippen molar-refractivity contribution in [3.8, 4) is 0 Å². The predicted octanol–water partition coefficient (Wildman–Crippen LogP) is 4.31. The Morgan fingerprint density at radius 1 is 0.964 bits per heavy atom. The molecule has 1 amide bonds. The summed E-state index contributed by atoms with van der Waals surface area (Å²) in [5, 5.41) is 12.7. The van der Waals surface area contributed by atoms with Gasteiger partial charge in [-0.3, -0.25) is 4.79 Å². The van der Waals surface area contributed by atoms with Crippen molar-refractivity contribution in [1.29, 1.82) is 0 Å². The Bertz CT molecular complexity index is 974. The number of anilines is 2. The molecule has 0 aliphatic carbocycles. The molecule has 0 saturated heterocycles. The summed E-state index contributed by atoms with van der Waals surface area (Å²) >= 11 is 0. The van der Waals surface area contributed by atoms with Gasteiger partial charge in [-0.05, 0) is 36.4 Å². The average molecular weight is 390 g/mol. The maximum absolute atomic E-state index is 13.5. The van der Waals surface area contributed by atoms with Gasteiger partial charge in [0, 0.05) is 17.8 Å². The van der Waals surface area contributed by atoms with Crippen molar-refractivity contribution in [1.82, 2.24) is 15.5 Å². The molecule has 144 valence electrons. The summed E-state index contributed by atoms with van der Waals surface area (Å²) in [5.74, 6) is -0.819. The molecule has 0 bridgehead atoms. The Balaban J connectivity index is 1.63. The lowest BCUT2D eigenvalue weighted by Gasteiger charge is -2.10. The van der Waals surface area contributed by atoms with E-state index in [0.29, 0.717) is 5.56 Å². The standard InChI is InChI=1S/C19H14F4N4O/c20-15-7-2-1-4-12(15)11-24-18(28)16-8-9-17(27-26-16)25-14-6-3-5-13(10-14)19(21,22)23/h1-10H,11H2,(H,24,28)(H,25,27). The van der Waals surface area contributed by atoms with Crippen LogP contribution in [0.4, 0.5) is 29.1 Å². The van der Waals surface area contributed by atoms with Crippen LogP contribution in [0.2, 0.25) is 0 Å². The average Bonchev–Trinajstić information content (AvgIpc) is 2.67. The van der Waals surface area contributed by atoms with Gasteiger partial charge in [0.1, 0.15) is 5.82 Å². The fourth-order valence-corrected chi connectivity index (χ4v) is 2.35. The Labute approximate surface area is 157 Å². The Kier molecular flexibility index (Phi) is 5.53. The second-order valence-electron chi connectivity index (χ2n) is 5.78. The molecule has 0 unspecified atom stereocenters. The first-order valence-electron chi connectivity index (χ1n) is 8.12. The topological polar surface area (TPSA) is 66.9 Å². The molecule has 0 spiro atoms. The van der Waals surface area contributed by atoms with Crippen molar-refractivity contribution >= 4 is 17.4 Å². The Hall–Kier alpha value is -3.49. The van der Waals surface area contributed by atoms with E-state index < -0.39 is 23.5 Å². The van der Waals surface area contributed by atoms with Crippen molar-refractivity contribution in [3.05, 3.63) is 83.3 Å². The molecule has 1 heterocycles. The molecule has 5 nitrogen and oxygen atoms in total. The highest BCUT2D eigenvalue weighted by Crippen LogP contribution is 2.31. The number of halogens is 4. The second-order valence-corrected chi connectivity index (χ2v) is 5.78. The number of hydrogen-bond donors (Lipinski definition) is 2. The maximum atomic E-state index is 13.5. The number of aromatic nitrogens is 2. The molecule has 0 fully saturated rings. The summed E-state index contributed by atoms with van der Waals surface area (Å²) < 4.78 is 51.8. The SMILES string of the molecule is O=C(NCc1ccccc1F)c1ccc(Nc2cccc(C(F)(F)F)c2)nn1. The Morgan fingerprint density at radius 3 is 2.43 bits per heavy atom. The van der Waals surface area contributed by atoms with Gasteiger partial charge >= 0.3 is 6.18 Å². The molecule has 0 aliphatic heterocycles. The molecule has 2 N–H and O–H groups in total. The highest BCUT2D eigenvalue weighted by atomic mass is 19.4. The van der Waals surface area contributed by atoms with Gasteiger partial charge in [-0.1, -0.05) is 24.3 Å². The van der Waals surface area contributed by atoms with E-state index >= 15 is 0 Å². The summed E-state index contributed by atoms with van der Waals surface area (Å²) in [7, 11) is 0. The van der Waals surface area contributed by atoms with Crippen molar-refractivity contribution in [2.45, 2.75) is 12.7 Å². The molecule has 1 aromatic heterocycles. The van der Waals surface area contributed by atoms with E-state index in [0.717, 1.165) is 12.1 Å². The van der Waals surface area contributed by atoms with E-state index in [9.17, 15) is 22.4 Å². The normalized spacial score (nSPS) is 11.1. The van der Waals surface area contributed by atoms with Crippen LogP contribution in [0, 0.1) is 5.82 Å². The second kappa shape index (κ2) is 8.03. The predicted molar refractivity (Wildman–Crippen MR) is 94.3 cm³/mol. The zero-order chi connectivity index (χ0) is 20.1. The Morgan fingerprint density at radius 2 is 1.75 bits per heavy atom. The molecular formula is C19H14F4N4O. The quantitative estimate of drug-likeness (QED) is 0.638. The molecular weight excluding hydrogens is 376 g/mol. The van der Waals surface area contributed by atoms with Crippen LogP contribution < -0.4 is 10.6 Å². The van der Waals surface area contributed by atoms with Crippen LogP contribution in [0.25, 0.3) is 0 Å². The van der Waals surface area contributed by atoms with Crippen LogP contribution in [0.3, 0.4) is 0 Å². The lowest BCUT2D eigenvalue weighted by molar-refractivity contribution is -0.137. The number of nitrogens with one attached hydrogen (secondary N) is 2. The van der Waals surface area contributed by atoms with Gasteiger partial charge in [0.15, 0.2) is 11.5 Å². The molecule has 0 radical (unpaired) electrons. The molecule has 3 rings (SSSR count). The van der Waals surface area contributed by atoms with Gasteiger partial charge in [-0.2, -0.15) is 13.2 Å². The minimum absolute atomic E-state index is 0.00840. The van der Waals surface area contributed by atoms with Gasteiger partial charge in [0.2, 0.25) is 0 Å². The number of benzene rings is 2. The fourth-order valence-electron chi connectivity index (χ4n) is 2.35. The van der Waals surface area contributed by atoms with E-state index in [1.807, 2.05) is 0 Å². The van der Waals surface area contributed by atoms with Crippen LogP contribution in [0.5, 0.6) is 0 Å². The van der Waals surface area contributed by atoms with E-state index in [1.165, 1.54) is 30.3 Å². The number of hydrogen-bond acceptors (Lipinski definition) is 4. The molecule has 0 atom stereocenters. The van der Waals surface area contributed by atoms with E-state index in [2.05, 4.69) is 20.8 Å². The maximum Gasteiger partial charge on any atom is 0.416 e. The first-order valence-corrected chi connectivity index (χ1v) is 8.12. The monoisotopic (exact) mass is 390 g/mol. The number of carbonyl (C=O) groups is 1. The molecule has 0 aliphatic rings. The van der Waals surface area contributed by atoms with E-state index in [4.69, 9.17) is 0 Å². The summed E-state index contributed by atoms with van der Waals surface area (Å²) in [6, 6.07) is 13.4. The van der Waals surface area contributed by atoms with Crippen molar-refractivity contribution < 1.29 is 22.4 Å². The lowest BCUT2D eigenvalue weighted by Crippen LogP contribution is -2.24. The third-order valence-corrected chi connectivity index (χ3v) is 3.76. The first kappa shape index (κ1) is 19.3. The van der Waals surface area contributed by atoms with Crippen LogP contribution in [0.15, 0.2) is 60.7 Å². The van der Waals surface area contributed by atoms with Crippen LogP contribution in [-0.2, 0) is 12.7 Å². The van der Waals surface area contributed by atoms with Crippen LogP contribution >= 0.6 is 0 Å². The first-order chi connectivity index (χ1) is 13.3. The zero-order valence-electron chi connectivity index (χ0n) is 14.3. The minimum Gasteiger partial charge on any atom is -0.346 e. The van der Waals surface area contributed by atoms with Gasteiger partial charge in [-0.25, -0.2) is 4.39 Å². The summed E-state index contributed by atoms with van der Waals surface area (Å²) in [5.41, 5.74) is -0.298. The third-order valence-electron chi connectivity index (χ3n) is 3.76. The summed E-state index contributed by atoms with van der Waals surface area (Å²) in [6.07, 6.45) is -4.45. The number of amides is 1. The van der Waals surface area contributed by atoms with Crippen molar-refractivity contribution in [3.63, 3.8) is 0 Å². The van der Waals surface area contributed by atoms with Gasteiger partial charge in [0.05, 0.1) is 5.56 Å². The van der Waals surface area contributed by atoms with Crippen molar-refractivity contribution in [2.75, 3.05) is 5.32 Å². The third kappa shape index (κ3) is 4.81. The minimum atomic E-state index is -4.45. The number of nitrogens with zero attached hydrogens (tertiary/aromatic N) is 2. The van der Waals surface area contributed by atoms with Gasteiger partial charge in [-0.15, -0.1) is 10.2 Å². The molecule has 3 aromatic rings. The number of carbonyl (C=O) groups excluding carboxylic acids is 1.